The molecule has 18 heteroatoms. The number of amidine groups is 1. The number of halogens is 8. The van der Waals surface area contributed by atoms with Gasteiger partial charge in [-0.3, -0.25) is 20.0 Å². The lowest BCUT2D eigenvalue weighted by atomic mass is 10.2. The van der Waals surface area contributed by atoms with E-state index in [2.05, 4.69) is 57.6 Å². The van der Waals surface area contributed by atoms with Crippen molar-refractivity contribution in [3.05, 3.63) is 145 Å². The molecule has 5 aromatic heterocycles. The molecule has 0 atom stereocenters. The first-order chi connectivity index (χ1) is 24.4. The topological polar surface area (TPSA) is 144 Å². The number of nitrogens with zero attached hydrogens (tertiary/aromatic N) is 9. The Bertz CT molecular complexity index is 2280. The smallest absolute Gasteiger partial charge is 0.159 e. The van der Waals surface area contributed by atoms with Crippen LogP contribution in [-0.4, -0.2) is 39.3 Å². The van der Waals surface area contributed by atoms with E-state index in [4.69, 9.17) is 22.6 Å². The molecule has 2 N–H and O–H groups in total. The van der Waals surface area contributed by atoms with Gasteiger partial charge in [-0.1, -0.05) is 29.8 Å². The Kier molecular flexibility index (Phi) is 12.5. The molecule has 0 aliphatic carbocycles. The van der Waals surface area contributed by atoms with E-state index in [0.29, 0.717) is 44.8 Å². The van der Waals surface area contributed by atoms with Gasteiger partial charge in [-0.25, -0.2) is 36.6 Å². The van der Waals surface area contributed by atoms with Crippen LogP contribution in [0.2, 0.25) is 5.15 Å². The fourth-order valence-electron chi connectivity index (χ4n) is 4.46. The zero-order valence-electron chi connectivity index (χ0n) is 25.7. The van der Waals surface area contributed by atoms with Gasteiger partial charge in [0.1, 0.15) is 53.6 Å². The average molecular weight is 941 g/mol. The number of aliphatic imine (C=N–C) groups is 2. The summed E-state index contributed by atoms with van der Waals surface area (Å²) in [5.74, 6) is -1.54. The van der Waals surface area contributed by atoms with Gasteiger partial charge in [-0.2, -0.15) is 10.4 Å². The molecule has 0 fully saturated rings. The van der Waals surface area contributed by atoms with Crippen molar-refractivity contribution < 1.29 is 22.0 Å². The van der Waals surface area contributed by atoms with Gasteiger partial charge in [0, 0.05) is 16.7 Å². The molecule has 0 radical (unpaired) electrons. The lowest BCUT2D eigenvalue weighted by molar-refractivity contribution is 0.587. The molecule has 0 amide bonds. The van der Waals surface area contributed by atoms with Crippen molar-refractivity contribution in [2.24, 2.45) is 15.7 Å². The molecule has 2 aliphatic heterocycles. The van der Waals surface area contributed by atoms with E-state index in [-0.39, 0.29) is 34.7 Å². The van der Waals surface area contributed by atoms with Gasteiger partial charge in [-0.05, 0) is 75.5 Å². The zero-order valence-corrected chi connectivity index (χ0v) is 30.7. The maximum atomic E-state index is 13.6. The maximum absolute atomic E-state index is 13.6. The first-order valence-corrected chi connectivity index (χ1v) is 16.9. The van der Waals surface area contributed by atoms with Crippen molar-refractivity contribution in [1.82, 2.24) is 29.7 Å². The Balaban J connectivity index is 0.000000138. The molecule has 1 aromatic carbocycles. The van der Waals surface area contributed by atoms with Crippen molar-refractivity contribution in [3.63, 3.8) is 0 Å². The van der Waals surface area contributed by atoms with E-state index >= 15 is 0 Å². The second-order valence-electron chi connectivity index (χ2n) is 10.3. The summed E-state index contributed by atoms with van der Waals surface area (Å²) in [4.78, 5) is 23.2. The van der Waals surface area contributed by atoms with Crippen LogP contribution in [0.5, 0.6) is 0 Å². The fraction of sp³-hybridized carbons (Fsp3) is 0.0909. The van der Waals surface area contributed by atoms with E-state index in [0.717, 1.165) is 39.1 Å². The van der Waals surface area contributed by atoms with Gasteiger partial charge in [0.05, 0.1) is 66.8 Å². The maximum Gasteiger partial charge on any atom is 0.159 e. The Morgan fingerprint density at radius 3 is 2.06 bits per heavy atom. The highest BCUT2D eigenvalue weighted by molar-refractivity contribution is 14.1. The summed E-state index contributed by atoms with van der Waals surface area (Å²) < 4.78 is 67.3. The third-order valence-corrected chi connectivity index (χ3v) is 8.87. The summed E-state index contributed by atoms with van der Waals surface area (Å²) in [5.41, 5.74) is 9.68. The highest BCUT2D eigenvalue weighted by Gasteiger charge is 2.16. The van der Waals surface area contributed by atoms with Gasteiger partial charge in [0.15, 0.2) is 5.65 Å². The quantitative estimate of drug-likeness (QED) is 0.108. The molecular weight excluding hydrogens is 921 g/mol. The van der Waals surface area contributed by atoms with Crippen LogP contribution >= 0.6 is 56.8 Å². The van der Waals surface area contributed by atoms with Crippen molar-refractivity contribution in [2.75, 3.05) is 0 Å². The van der Waals surface area contributed by atoms with E-state index in [9.17, 15) is 22.0 Å². The molecule has 51 heavy (non-hydrogen) atoms. The first-order valence-electron chi connectivity index (χ1n) is 14.3. The van der Waals surface area contributed by atoms with Crippen LogP contribution in [0.15, 0.2) is 83.3 Å². The largest absolute Gasteiger partial charge is 0.383 e. The van der Waals surface area contributed by atoms with E-state index in [1.165, 1.54) is 36.7 Å². The Hall–Kier alpha value is -4.68. The number of fused-ring (bicyclic) bond motifs is 3. The molecule has 6 aromatic rings. The summed E-state index contributed by atoms with van der Waals surface area (Å²) in [6, 6.07) is 13.4. The van der Waals surface area contributed by atoms with E-state index in [1.807, 2.05) is 22.6 Å². The predicted octanol–water partition coefficient (Wildman–Crippen LogP) is 7.46. The molecule has 7 heterocycles. The van der Waals surface area contributed by atoms with Crippen molar-refractivity contribution in [3.8, 4) is 6.07 Å². The Labute approximate surface area is 318 Å². The van der Waals surface area contributed by atoms with Crippen molar-refractivity contribution >= 4 is 77.4 Å². The van der Waals surface area contributed by atoms with Gasteiger partial charge >= 0.3 is 0 Å². The number of benzene rings is 1. The molecule has 0 saturated heterocycles. The van der Waals surface area contributed by atoms with Gasteiger partial charge < -0.3 is 5.73 Å². The van der Waals surface area contributed by atoms with E-state index in [1.54, 1.807) is 29.0 Å². The van der Waals surface area contributed by atoms with Crippen LogP contribution in [0.3, 0.4) is 0 Å². The summed E-state index contributed by atoms with van der Waals surface area (Å²) in [7, 11) is 0. The summed E-state index contributed by atoms with van der Waals surface area (Å²) in [6.07, 6.45) is 4.50. The number of rotatable bonds is 2. The van der Waals surface area contributed by atoms with Crippen LogP contribution in [0.1, 0.15) is 33.6 Å². The minimum Gasteiger partial charge on any atom is -0.383 e. The standard InChI is InChI=1S/C13H8F2IN3.C7H4FIN2.C7H6FN3.C6H2ClFN2/c14-9-5-10-12(16)18-19(13(10)17-6-9)7-8-3-1-2-4-11(8)15;2*8-4-1-5-6(10-2-4)3-11-7(5)9;7-6-4(2-9)1-5(8)3-10-6/h1-6H,7H2;1-2H,3H2;1-2H,3H2,(H2,9,11);1,3H. The first kappa shape index (κ1) is 37.6. The molecule has 0 saturated carbocycles. The number of hydrogen-bond donors (Lipinski definition) is 1. The van der Waals surface area contributed by atoms with Crippen LogP contribution in [0.4, 0.5) is 22.0 Å². The summed E-state index contributed by atoms with van der Waals surface area (Å²) in [5, 5.41) is 13.2. The molecule has 8 rings (SSSR count). The van der Waals surface area contributed by atoms with Gasteiger partial charge in [-0.15, -0.1) is 0 Å². The van der Waals surface area contributed by atoms with Crippen molar-refractivity contribution in [1.29, 1.82) is 5.26 Å². The number of hydrogen-bond acceptors (Lipinski definition) is 9. The Morgan fingerprint density at radius 1 is 0.784 bits per heavy atom. The zero-order chi connectivity index (χ0) is 36.7. The predicted molar refractivity (Wildman–Crippen MR) is 197 cm³/mol. The molecule has 0 spiro atoms. The minimum atomic E-state index is -0.555. The number of nitrogens with two attached hydrogens (primary N) is 1. The lowest BCUT2D eigenvalue weighted by Crippen LogP contribution is -2.11. The molecule has 0 unspecified atom stereocenters. The van der Waals surface area contributed by atoms with Crippen molar-refractivity contribution in [2.45, 2.75) is 19.6 Å². The monoisotopic (exact) mass is 940 g/mol. The second kappa shape index (κ2) is 17.0. The third kappa shape index (κ3) is 9.56. The highest BCUT2D eigenvalue weighted by atomic mass is 127. The van der Waals surface area contributed by atoms with Crippen LogP contribution in [0, 0.1) is 44.1 Å². The number of nitriles is 1. The molecule has 2 aliphatic rings. The SMILES string of the molecule is Fc1cnc2c(c1)C(I)=NC2.Fc1cnc2c(c1)c(I)nn2Cc1ccccc1F.N#Cc1cc(F)cnc1Cl.NC1=NCc2ncc(F)cc21. The molecule has 0 bridgehead atoms. The molecular formula is C33H20ClF5I2N10. The summed E-state index contributed by atoms with van der Waals surface area (Å²) in [6.45, 7) is 1.33. The second-order valence-corrected chi connectivity index (χ2v) is 12.7. The Morgan fingerprint density at radius 2 is 1.37 bits per heavy atom. The molecule has 258 valence electrons. The number of aromatic nitrogens is 6. The van der Waals surface area contributed by atoms with Crippen LogP contribution < -0.4 is 5.73 Å². The number of pyridine rings is 4. The van der Waals surface area contributed by atoms with Gasteiger partial charge in [0.25, 0.3) is 0 Å². The highest BCUT2D eigenvalue weighted by Crippen LogP contribution is 2.22. The van der Waals surface area contributed by atoms with E-state index < -0.39 is 11.6 Å². The van der Waals surface area contributed by atoms with Gasteiger partial charge in [0.2, 0.25) is 0 Å². The molecule has 10 nitrogen and oxygen atoms in total. The van der Waals surface area contributed by atoms with Crippen LogP contribution in [-0.2, 0) is 19.6 Å². The fourth-order valence-corrected chi connectivity index (χ4v) is 5.90. The summed E-state index contributed by atoms with van der Waals surface area (Å²) >= 11 is 9.49. The third-order valence-electron chi connectivity index (χ3n) is 6.85. The average Bonchev–Trinajstić information content (AvgIpc) is 3.77. The lowest BCUT2D eigenvalue weighted by Gasteiger charge is -2.04. The minimum absolute atomic E-state index is 0.0314. The normalized spacial score (nSPS) is 12.1. The van der Waals surface area contributed by atoms with Crippen LogP contribution in [0.25, 0.3) is 11.0 Å².